The Hall–Kier alpha value is -6.58. The van der Waals surface area contributed by atoms with E-state index >= 15 is 0 Å². The lowest BCUT2D eigenvalue weighted by molar-refractivity contribution is 0.620. The molecule has 230 valence electrons. The van der Waals surface area contributed by atoms with E-state index in [0.717, 1.165) is 72.6 Å². The molecule has 0 saturated heterocycles. The maximum Gasteiger partial charge on any atom is 0.227 e. The van der Waals surface area contributed by atoms with Crippen molar-refractivity contribution < 1.29 is 4.42 Å². The van der Waals surface area contributed by atoms with Gasteiger partial charge in [-0.2, -0.15) is 0 Å². The number of rotatable bonds is 6. The molecule has 0 unspecified atom stereocenters. The number of pyridine rings is 1. The predicted octanol–water partition coefficient (Wildman–Crippen LogP) is 12.4. The number of fused-ring (bicyclic) bond motifs is 2. The number of aromatic nitrogens is 2. The van der Waals surface area contributed by atoms with Crippen LogP contribution in [0.3, 0.4) is 0 Å². The van der Waals surface area contributed by atoms with Crippen molar-refractivity contribution in [2.24, 2.45) is 0 Å². The molecule has 0 N–H and O–H groups in total. The highest BCUT2D eigenvalue weighted by atomic mass is 16.3. The normalized spacial score (nSPS) is 11.3. The van der Waals surface area contributed by atoms with Gasteiger partial charge in [-0.3, -0.25) is 0 Å². The van der Waals surface area contributed by atoms with Gasteiger partial charge in [0.2, 0.25) is 5.89 Å². The molecule has 9 rings (SSSR count). The summed E-state index contributed by atoms with van der Waals surface area (Å²) < 4.78 is 6.30. The molecule has 0 atom stereocenters. The Kier molecular flexibility index (Phi) is 7.14. The molecule has 0 radical (unpaired) electrons. The first kappa shape index (κ1) is 28.6. The second kappa shape index (κ2) is 12.2. The molecule has 2 heterocycles. The van der Waals surface area contributed by atoms with Gasteiger partial charge in [0.25, 0.3) is 0 Å². The summed E-state index contributed by atoms with van der Waals surface area (Å²) in [6.07, 6.45) is 0. The third-order valence-corrected chi connectivity index (χ3v) is 9.11. The van der Waals surface area contributed by atoms with Gasteiger partial charge >= 0.3 is 0 Å². The van der Waals surface area contributed by atoms with E-state index in [9.17, 15) is 0 Å². The van der Waals surface area contributed by atoms with Crippen LogP contribution in [0.15, 0.2) is 186 Å². The van der Waals surface area contributed by atoms with Gasteiger partial charge < -0.3 is 4.42 Å². The van der Waals surface area contributed by atoms with E-state index < -0.39 is 0 Å². The van der Waals surface area contributed by atoms with Gasteiger partial charge in [0, 0.05) is 22.3 Å². The second-order valence-electron chi connectivity index (χ2n) is 12.2. The average molecular weight is 627 g/mol. The van der Waals surface area contributed by atoms with Crippen LogP contribution in [-0.2, 0) is 0 Å². The van der Waals surface area contributed by atoms with E-state index in [1.807, 2.05) is 42.5 Å². The summed E-state index contributed by atoms with van der Waals surface area (Å²) in [5, 5.41) is 2.36. The first-order chi connectivity index (χ1) is 24.3. The van der Waals surface area contributed by atoms with Gasteiger partial charge in [-0.05, 0) is 75.0 Å². The van der Waals surface area contributed by atoms with E-state index in [4.69, 9.17) is 14.4 Å². The average Bonchev–Trinajstić information content (AvgIpc) is 3.63. The maximum absolute atomic E-state index is 6.30. The minimum absolute atomic E-state index is 0.617. The van der Waals surface area contributed by atoms with Crippen LogP contribution in [0.5, 0.6) is 0 Å². The van der Waals surface area contributed by atoms with Gasteiger partial charge in [-0.25, -0.2) is 9.97 Å². The summed E-state index contributed by atoms with van der Waals surface area (Å²) in [5.74, 6) is 0.617. The summed E-state index contributed by atoms with van der Waals surface area (Å²) >= 11 is 0. The number of hydrogen-bond donors (Lipinski definition) is 0. The molecule has 3 heteroatoms. The molecule has 9 aromatic rings. The second-order valence-corrected chi connectivity index (χ2v) is 12.2. The van der Waals surface area contributed by atoms with Crippen molar-refractivity contribution in [3.8, 4) is 67.3 Å². The van der Waals surface area contributed by atoms with Crippen molar-refractivity contribution in [2.75, 3.05) is 0 Å². The minimum atomic E-state index is 0.617. The molecule has 0 aliphatic carbocycles. The quantitative estimate of drug-likeness (QED) is 0.184. The van der Waals surface area contributed by atoms with Crippen molar-refractivity contribution in [3.05, 3.63) is 182 Å². The Balaban J connectivity index is 1.24. The molecular formula is C46H30N2O. The van der Waals surface area contributed by atoms with Crippen LogP contribution in [0.4, 0.5) is 0 Å². The third kappa shape index (κ3) is 5.38. The Labute approximate surface area is 284 Å². The molecule has 0 spiro atoms. The standard InChI is InChI=1S/C46H30N2O/c1-4-14-31(15-5-1)37-29-41(33-17-6-2-7-18-33)47-42(30-37)35-21-12-22-36(28-35)44-38-23-11-10-16-32(38)26-27-39(44)40-24-13-25-43-45(40)48-46(49-43)34-19-8-3-9-20-34/h1-30H. The molecule has 0 bridgehead atoms. The van der Waals surface area contributed by atoms with Crippen LogP contribution < -0.4 is 0 Å². The first-order valence-corrected chi connectivity index (χ1v) is 16.5. The van der Waals surface area contributed by atoms with Gasteiger partial charge in [0.1, 0.15) is 5.52 Å². The highest BCUT2D eigenvalue weighted by Crippen LogP contribution is 2.42. The van der Waals surface area contributed by atoms with Gasteiger partial charge in [-0.15, -0.1) is 0 Å². The van der Waals surface area contributed by atoms with Gasteiger partial charge in [-0.1, -0.05) is 146 Å². The minimum Gasteiger partial charge on any atom is -0.436 e. The van der Waals surface area contributed by atoms with E-state index in [0.29, 0.717) is 5.89 Å². The summed E-state index contributed by atoms with van der Waals surface area (Å²) in [7, 11) is 0. The molecular weight excluding hydrogens is 597 g/mol. The predicted molar refractivity (Wildman–Crippen MR) is 202 cm³/mol. The van der Waals surface area contributed by atoms with Crippen molar-refractivity contribution in [3.63, 3.8) is 0 Å². The third-order valence-electron chi connectivity index (χ3n) is 9.11. The zero-order valence-corrected chi connectivity index (χ0v) is 26.6. The number of benzene rings is 7. The molecule has 49 heavy (non-hydrogen) atoms. The molecule has 0 saturated carbocycles. The molecule has 7 aromatic carbocycles. The highest BCUT2D eigenvalue weighted by molar-refractivity contribution is 6.08. The fraction of sp³-hybridized carbons (Fsp3) is 0. The lowest BCUT2D eigenvalue weighted by Gasteiger charge is -2.16. The zero-order chi connectivity index (χ0) is 32.6. The monoisotopic (exact) mass is 626 g/mol. The van der Waals surface area contributed by atoms with Crippen LogP contribution >= 0.6 is 0 Å². The Morgan fingerprint density at radius 1 is 0.367 bits per heavy atom. The Morgan fingerprint density at radius 3 is 1.76 bits per heavy atom. The van der Waals surface area contributed by atoms with Gasteiger partial charge in [0.15, 0.2) is 5.58 Å². The summed E-state index contributed by atoms with van der Waals surface area (Å²) in [6, 6.07) is 63.4. The number of nitrogens with zero attached hydrogens (tertiary/aromatic N) is 2. The SMILES string of the molecule is c1ccc(-c2cc(-c3ccccc3)nc(-c3cccc(-c4c(-c5cccc6oc(-c7ccccc7)nc56)ccc5ccccc45)c3)c2)cc1. The molecule has 2 aromatic heterocycles. The molecule has 0 aliphatic rings. The van der Waals surface area contributed by atoms with E-state index in [1.54, 1.807) is 0 Å². The summed E-state index contributed by atoms with van der Waals surface area (Å²) in [4.78, 5) is 10.3. The summed E-state index contributed by atoms with van der Waals surface area (Å²) in [5.41, 5.74) is 13.3. The number of para-hydroxylation sites is 1. The highest BCUT2D eigenvalue weighted by Gasteiger charge is 2.19. The van der Waals surface area contributed by atoms with Crippen LogP contribution in [0.1, 0.15) is 0 Å². The lowest BCUT2D eigenvalue weighted by Crippen LogP contribution is -1.93. The fourth-order valence-electron chi connectivity index (χ4n) is 6.74. The molecule has 0 fully saturated rings. The number of hydrogen-bond acceptors (Lipinski definition) is 3. The van der Waals surface area contributed by atoms with Crippen LogP contribution in [0.2, 0.25) is 0 Å². The smallest absolute Gasteiger partial charge is 0.227 e. The van der Waals surface area contributed by atoms with E-state index in [1.165, 1.54) is 10.8 Å². The first-order valence-electron chi connectivity index (χ1n) is 16.5. The Bertz CT molecular complexity index is 2530. The van der Waals surface area contributed by atoms with Gasteiger partial charge in [0.05, 0.1) is 11.4 Å². The van der Waals surface area contributed by atoms with Crippen LogP contribution in [0, 0.1) is 0 Å². The fourth-order valence-corrected chi connectivity index (χ4v) is 6.74. The van der Waals surface area contributed by atoms with Crippen molar-refractivity contribution >= 4 is 21.9 Å². The largest absolute Gasteiger partial charge is 0.436 e. The molecule has 0 amide bonds. The number of oxazole rings is 1. The Morgan fingerprint density at radius 2 is 0.980 bits per heavy atom. The summed E-state index contributed by atoms with van der Waals surface area (Å²) in [6.45, 7) is 0. The topological polar surface area (TPSA) is 38.9 Å². The lowest BCUT2D eigenvalue weighted by atomic mass is 9.88. The van der Waals surface area contributed by atoms with E-state index in [-0.39, 0.29) is 0 Å². The van der Waals surface area contributed by atoms with Crippen molar-refractivity contribution in [1.82, 2.24) is 9.97 Å². The van der Waals surface area contributed by atoms with Crippen molar-refractivity contribution in [2.45, 2.75) is 0 Å². The zero-order valence-electron chi connectivity index (χ0n) is 26.6. The van der Waals surface area contributed by atoms with E-state index in [2.05, 4.69) is 140 Å². The molecule has 0 aliphatic heterocycles. The molecule has 3 nitrogen and oxygen atoms in total. The van der Waals surface area contributed by atoms with Crippen LogP contribution in [-0.4, -0.2) is 9.97 Å². The van der Waals surface area contributed by atoms with Crippen molar-refractivity contribution in [1.29, 1.82) is 0 Å². The maximum atomic E-state index is 6.30. The van der Waals surface area contributed by atoms with Crippen LogP contribution in [0.25, 0.3) is 89.2 Å².